The Hall–Kier alpha value is -1.49. The zero-order valence-corrected chi connectivity index (χ0v) is 19.0. The Labute approximate surface area is 210 Å². The molecule has 0 spiro atoms. The quantitative estimate of drug-likeness (QED) is 0.303. The molecule has 2 bridgehead atoms. The van der Waals surface area contributed by atoms with Crippen molar-refractivity contribution in [3.8, 4) is 0 Å². The monoisotopic (exact) mass is 546 g/mol. The van der Waals surface area contributed by atoms with Gasteiger partial charge in [0.2, 0.25) is 0 Å². The fraction of sp³-hybridized carbons (Fsp3) is 0.409. The first-order valence-electron chi connectivity index (χ1n) is 10.2. The van der Waals surface area contributed by atoms with Crippen LogP contribution in [0.25, 0.3) is 0 Å². The van der Waals surface area contributed by atoms with Crippen molar-refractivity contribution >= 4 is 17.8 Å². The molecule has 4 rings (SSSR count). The molecule has 2 heterocycles. The summed E-state index contributed by atoms with van der Waals surface area (Å²) in [6.07, 6.45) is 4.70. The second-order valence-electron chi connectivity index (χ2n) is 7.94. The molecule has 2 amide bonds. The molecular weight excluding hydrogens is 526 g/mol. The molecule has 0 atom stereocenters. The number of fused-ring (bicyclic) bond motifs is 2. The third kappa shape index (κ3) is 7.74. The third-order valence-electron chi connectivity index (χ3n) is 5.51. The van der Waals surface area contributed by atoms with E-state index in [4.69, 9.17) is 4.74 Å². The van der Waals surface area contributed by atoms with E-state index in [0.29, 0.717) is 9.80 Å². The Morgan fingerprint density at radius 3 is 1.34 bits per heavy atom. The maximum absolute atomic E-state index is 12.8. The van der Waals surface area contributed by atoms with Gasteiger partial charge in [0.25, 0.3) is 0 Å². The van der Waals surface area contributed by atoms with Crippen LogP contribution in [0.5, 0.6) is 0 Å². The van der Waals surface area contributed by atoms with Gasteiger partial charge in [-0.1, -0.05) is 0 Å². The summed E-state index contributed by atoms with van der Waals surface area (Å²) in [6.45, 7) is -2.35. The first kappa shape index (κ1) is 29.7. The van der Waals surface area contributed by atoms with Gasteiger partial charge in [0.05, 0.1) is 5.92 Å². The standard InChI is InChI=1S/C17H15F6N2O4.C5H5.Fe/c18-16(19,20)14(27)24-5-10-6-25(15(28)17(21,22)23)8-11(7-24)12(10)29-13(26)9-3-1-2-4-9;1-2-4-5-3-1;/h1-4,10-12H,5-8H2;1-5H;/q;;+2. The van der Waals surface area contributed by atoms with Gasteiger partial charge in [0.1, 0.15) is 6.10 Å². The van der Waals surface area contributed by atoms with Crippen LogP contribution < -0.4 is 0 Å². The Morgan fingerprint density at radius 2 is 1.03 bits per heavy atom. The molecule has 190 valence electrons. The summed E-state index contributed by atoms with van der Waals surface area (Å²) in [7, 11) is 0. The fourth-order valence-electron chi connectivity index (χ4n) is 4.10. The van der Waals surface area contributed by atoms with Crippen molar-refractivity contribution in [1.29, 1.82) is 0 Å². The first-order chi connectivity index (χ1) is 15.9. The number of alkyl halides is 6. The average molecular weight is 546 g/mol. The van der Waals surface area contributed by atoms with Crippen molar-refractivity contribution in [1.82, 2.24) is 9.80 Å². The number of halogens is 6. The van der Waals surface area contributed by atoms with E-state index in [2.05, 4.69) is 0 Å². The van der Waals surface area contributed by atoms with Crippen molar-refractivity contribution in [2.45, 2.75) is 18.5 Å². The summed E-state index contributed by atoms with van der Waals surface area (Å²) in [5.74, 6) is -7.01. The minimum Gasteiger partial charge on any atom is -0.461 e. The predicted molar refractivity (Wildman–Crippen MR) is 104 cm³/mol. The Bertz CT molecular complexity index is 692. The topological polar surface area (TPSA) is 66.9 Å². The van der Waals surface area contributed by atoms with Crippen molar-refractivity contribution < 1.29 is 62.5 Å². The Morgan fingerprint density at radius 1 is 0.686 bits per heavy atom. The maximum Gasteiger partial charge on any atom is 2.00 e. The van der Waals surface area contributed by atoms with Crippen LogP contribution in [0.1, 0.15) is 0 Å². The molecule has 0 N–H and O–H groups in total. The number of carbonyl (C=O) groups is 3. The number of carbonyl (C=O) groups excluding carboxylic acids is 3. The number of ether oxygens (including phenoxy) is 1. The minimum absolute atomic E-state index is 0. The molecule has 2 saturated heterocycles. The molecule has 10 radical (unpaired) electrons. The Balaban J connectivity index is 0.000000640. The van der Waals surface area contributed by atoms with Gasteiger partial charge in [-0.2, -0.15) is 26.3 Å². The molecule has 6 nitrogen and oxygen atoms in total. The molecule has 0 aromatic heterocycles. The number of amides is 2. The van der Waals surface area contributed by atoms with Crippen molar-refractivity contribution in [2.24, 2.45) is 11.8 Å². The van der Waals surface area contributed by atoms with Gasteiger partial charge < -0.3 is 14.5 Å². The van der Waals surface area contributed by atoms with E-state index in [-0.39, 0.29) is 23.0 Å². The smallest absolute Gasteiger partial charge is 0.461 e. The van der Waals surface area contributed by atoms with Crippen LogP contribution in [-0.2, 0) is 36.2 Å². The molecule has 2 aliphatic carbocycles. The summed E-state index contributed by atoms with van der Waals surface area (Å²) in [6, 6.07) is 0. The van der Waals surface area contributed by atoms with Crippen LogP contribution >= 0.6 is 0 Å². The van der Waals surface area contributed by atoms with Gasteiger partial charge in [0.15, 0.2) is 0 Å². The van der Waals surface area contributed by atoms with Crippen LogP contribution in [0.15, 0.2) is 0 Å². The second-order valence-corrected chi connectivity index (χ2v) is 7.94. The van der Waals surface area contributed by atoms with Crippen molar-refractivity contribution in [3.05, 3.63) is 63.7 Å². The van der Waals surface area contributed by atoms with E-state index in [1.807, 2.05) is 32.1 Å². The van der Waals surface area contributed by atoms with Crippen LogP contribution in [-0.4, -0.2) is 72.2 Å². The maximum atomic E-state index is 12.8. The molecule has 0 aromatic carbocycles. The zero-order valence-electron chi connectivity index (χ0n) is 17.9. The number of hydrogen-bond donors (Lipinski definition) is 0. The number of piperidine rings is 2. The van der Waals surface area contributed by atoms with Crippen LogP contribution in [0, 0.1) is 75.5 Å². The van der Waals surface area contributed by atoms with Gasteiger partial charge >= 0.3 is 47.2 Å². The number of nitrogens with zero attached hydrogens (tertiary/aromatic N) is 2. The van der Waals surface area contributed by atoms with E-state index in [0.717, 1.165) is 0 Å². The fourth-order valence-corrected chi connectivity index (χ4v) is 4.10. The van der Waals surface area contributed by atoms with E-state index in [1.54, 1.807) is 12.8 Å². The predicted octanol–water partition coefficient (Wildman–Crippen LogP) is 2.36. The second kappa shape index (κ2) is 12.2. The molecule has 13 heteroatoms. The summed E-state index contributed by atoms with van der Waals surface area (Å²) in [5.41, 5.74) is 0. The van der Waals surface area contributed by atoms with Crippen LogP contribution in [0.2, 0.25) is 0 Å². The van der Waals surface area contributed by atoms with Gasteiger partial charge in [-0.25, -0.2) is 0 Å². The Kier molecular flexibility index (Phi) is 10.3. The third-order valence-corrected chi connectivity index (χ3v) is 5.51. The van der Waals surface area contributed by atoms with Crippen LogP contribution in [0.3, 0.4) is 0 Å². The SMILES string of the molecule is O=C(OC1C2CN(C(=O)C(F)(F)F)CC1CN(C(=O)C(F)(F)F)C2)[C]1[CH][CH][CH][CH]1.[CH]1[CH][CH][CH][CH]1.[Fe+2]. The zero-order chi connectivity index (χ0) is 25.1. The normalized spacial score (nSPS) is 27.0. The molecular formula is C22H20F6FeN2O4+2. The average Bonchev–Trinajstić information content (AvgIpc) is 3.47. The van der Waals surface area contributed by atoms with Gasteiger partial charge in [0, 0.05) is 38.0 Å². The summed E-state index contributed by atoms with van der Waals surface area (Å²) in [5, 5.41) is 0. The van der Waals surface area contributed by atoms with Crippen molar-refractivity contribution in [3.63, 3.8) is 0 Å². The molecule has 0 unspecified atom stereocenters. The number of esters is 1. The molecule has 4 aliphatic rings. The summed E-state index contributed by atoms with van der Waals surface area (Å²) in [4.78, 5) is 36.3. The molecule has 4 fully saturated rings. The summed E-state index contributed by atoms with van der Waals surface area (Å²) >= 11 is 0. The summed E-state index contributed by atoms with van der Waals surface area (Å²) < 4.78 is 82.0. The number of likely N-dealkylation sites (tertiary alicyclic amines) is 2. The molecule has 2 aliphatic heterocycles. The number of hydrogen-bond acceptors (Lipinski definition) is 4. The van der Waals surface area contributed by atoms with Crippen molar-refractivity contribution in [2.75, 3.05) is 26.2 Å². The van der Waals surface area contributed by atoms with E-state index >= 15 is 0 Å². The largest absolute Gasteiger partial charge is 2.00 e. The van der Waals surface area contributed by atoms with Gasteiger partial charge in [-0.15, -0.1) is 0 Å². The first-order valence-corrected chi connectivity index (χ1v) is 10.2. The van der Waals surface area contributed by atoms with E-state index in [9.17, 15) is 40.7 Å². The van der Waals surface area contributed by atoms with E-state index < -0.39 is 74.3 Å². The molecule has 2 saturated carbocycles. The number of rotatable bonds is 2. The van der Waals surface area contributed by atoms with Gasteiger partial charge in [-0.05, 0) is 57.8 Å². The van der Waals surface area contributed by atoms with E-state index in [1.165, 1.54) is 12.8 Å². The van der Waals surface area contributed by atoms with Gasteiger partial charge in [-0.3, -0.25) is 14.4 Å². The minimum atomic E-state index is -5.14. The van der Waals surface area contributed by atoms with Crippen LogP contribution in [0.4, 0.5) is 26.3 Å². The molecule has 0 aromatic rings. The molecule has 35 heavy (non-hydrogen) atoms.